The fraction of sp³-hybridized carbons (Fsp3) is 0.200. The molecule has 1 aromatic carbocycles. The molecular formula is C15H16IN3O. The number of anilines is 2. The van der Waals surface area contributed by atoms with E-state index in [0.717, 1.165) is 21.4 Å². The van der Waals surface area contributed by atoms with E-state index in [2.05, 4.69) is 38.2 Å². The number of amides is 1. The average molecular weight is 381 g/mol. The fourth-order valence-corrected chi connectivity index (χ4v) is 2.12. The number of halogens is 1. The van der Waals surface area contributed by atoms with E-state index >= 15 is 0 Å². The van der Waals surface area contributed by atoms with Gasteiger partial charge in [0, 0.05) is 27.6 Å². The van der Waals surface area contributed by atoms with Crippen molar-refractivity contribution >= 4 is 40.0 Å². The highest BCUT2D eigenvalue weighted by molar-refractivity contribution is 14.1. The predicted octanol–water partition coefficient (Wildman–Crippen LogP) is 3.54. The average Bonchev–Trinajstić information content (AvgIpc) is 2.48. The van der Waals surface area contributed by atoms with Crippen LogP contribution in [0.1, 0.15) is 23.0 Å². The zero-order valence-corrected chi connectivity index (χ0v) is 13.6. The molecular weight excluding hydrogens is 365 g/mol. The summed E-state index contributed by atoms with van der Waals surface area (Å²) in [6.45, 7) is 2.02. The summed E-state index contributed by atoms with van der Waals surface area (Å²) in [5.41, 5.74) is 2.29. The summed E-state index contributed by atoms with van der Waals surface area (Å²) in [4.78, 5) is 16.6. The van der Waals surface area contributed by atoms with Gasteiger partial charge in [-0.25, -0.2) is 4.98 Å². The molecule has 0 saturated heterocycles. The van der Waals surface area contributed by atoms with Crippen LogP contribution in [0.25, 0.3) is 0 Å². The molecule has 0 saturated carbocycles. The van der Waals surface area contributed by atoms with Crippen molar-refractivity contribution < 1.29 is 4.79 Å². The van der Waals surface area contributed by atoms with E-state index in [1.807, 2.05) is 37.3 Å². The molecule has 0 aliphatic carbocycles. The molecule has 0 bridgehead atoms. The van der Waals surface area contributed by atoms with Gasteiger partial charge in [0.1, 0.15) is 5.82 Å². The number of nitrogens with one attached hydrogen (secondary N) is 2. The summed E-state index contributed by atoms with van der Waals surface area (Å²) in [7, 11) is 1.79. The smallest absolute Gasteiger partial charge is 0.255 e. The minimum Gasteiger partial charge on any atom is -0.373 e. The molecule has 104 valence electrons. The molecule has 4 nitrogen and oxygen atoms in total. The topological polar surface area (TPSA) is 54.0 Å². The molecule has 0 unspecified atom stereocenters. The largest absolute Gasteiger partial charge is 0.373 e. The minimum absolute atomic E-state index is 0.125. The zero-order chi connectivity index (χ0) is 14.5. The van der Waals surface area contributed by atoms with Gasteiger partial charge in [0.25, 0.3) is 5.91 Å². The van der Waals surface area contributed by atoms with E-state index in [1.54, 1.807) is 13.1 Å². The standard InChI is InChI=1S/C15H16IN3O/c1-3-12-8-10(9-14(17-2)18-12)15(20)19-13-6-4-11(16)5-7-13/h4-9H,3H2,1-2H3,(H,17,18)(H,19,20). The van der Waals surface area contributed by atoms with E-state index in [0.29, 0.717) is 11.4 Å². The van der Waals surface area contributed by atoms with Crippen molar-refractivity contribution in [2.24, 2.45) is 0 Å². The van der Waals surface area contributed by atoms with Crippen LogP contribution in [0.4, 0.5) is 11.5 Å². The maximum Gasteiger partial charge on any atom is 0.255 e. The number of carbonyl (C=O) groups is 1. The molecule has 2 aromatic rings. The Morgan fingerprint density at radius 2 is 1.95 bits per heavy atom. The number of hydrogen-bond acceptors (Lipinski definition) is 3. The Morgan fingerprint density at radius 3 is 2.55 bits per heavy atom. The van der Waals surface area contributed by atoms with Crippen LogP contribution < -0.4 is 10.6 Å². The number of hydrogen-bond donors (Lipinski definition) is 2. The Balaban J connectivity index is 2.22. The van der Waals surface area contributed by atoms with Crippen molar-refractivity contribution in [2.45, 2.75) is 13.3 Å². The molecule has 0 aliphatic heterocycles. The molecule has 2 N–H and O–H groups in total. The Labute approximate surface area is 132 Å². The van der Waals surface area contributed by atoms with Gasteiger partial charge in [-0.3, -0.25) is 4.79 Å². The Kier molecular flexibility index (Phi) is 4.94. The van der Waals surface area contributed by atoms with Crippen molar-refractivity contribution in [1.29, 1.82) is 0 Å². The highest BCUT2D eigenvalue weighted by atomic mass is 127. The van der Waals surface area contributed by atoms with Crippen LogP contribution in [0.3, 0.4) is 0 Å². The number of carbonyl (C=O) groups excluding carboxylic acids is 1. The minimum atomic E-state index is -0.125. The Hall–Kier alpha value is -1.63. The van der Waals surface area contributed by atoms with Crippen molar-refractivity contribution in [2.75, 3.05) is 17.7 Å². The van der Waals surface area contributed by atoms with Crippen molar-refractivity contribution in [3.63, 3.8) is 0 Å². The van der Waals surface area contributed by atoms with Crippen molar-refractivity contribution in [1.82, 2.24) is 4.98 Å². The van der Waals surface area contributed by atoms with Crippen LogP contribution in [-0.2, 0) is 6.42 Å². The van der Waals surface area contributed by atoms with Gasteiger partial charge >= 0.3 is 0 Å². The number of rotatable bonds is 4. The van der Waals surface area contributed by atoms with E-state index < -0.39 is 0 Å². The highest BCUT2D eigenvalue weighted by Gasteiger charge is 2.09. The lowest BCUT2D eigenvalue weighted by Crippen LogP contribution is -2.13. The van der Waals surface area contributed by atoms with Crippen LogP contribution in [-0.4, -0.2) is 17.9 Å². The first kappa shape index (κ1) is 14.8. The number of aromatic nitrogens is 1. The van der Waals surface area contributed by atoms with Gasteiger partial charge in [-0.2, -0.15) is 0 Å². The van der Waals surface area contributed by atoms with E-state index in [9.17, 15) is 4.79 Å². The molecule has 5 heteroatoms. The molecule has 1 aromatic heterocycles. The van der Waals surface area contributed by atoms with Gasteiger partial charge in [-0.15, -0.1) is 0 Å². The second kappa shape index (κ2) is 6.69. The number of pyridine rings is 1. The number of aryl methyl sites for hydroxylation is 1. The third kappa shape index (κ3) is 3.69. The number of benzene rings is 1. The van der Waals surface area contributed by atoms with Crippen LogP contribution >= 0.6 is 22.6 Å². The van der Waals surface area contributed by atoms with E-state index in [4.69, 9.17) is 0 Å². The van der Waals surface area contributed by atoms with Crippen molar-refractivity contribution in [3.05, 3.63) is 51.2 Å². The molecule has 1 amide bonds. The molecule has 2 rings (SSSR count). The molecule has 20 heavy (non-hydrogen) atoms. The quantitative estimate of drug-likeness (QED) is 0.797. The van der Waals surface area contributed by atoms with E-state index in [1.165, 1.54) is 0 Å². The lowest BCUT2D eigenvalue weighted by atomic mass is 10.1. The Morgan fingerprint density at radius 1 is 1.25 bits per heavy atom. The maximum atomic E-state index is 12.3. The van der Waals surface area contributed by atoms with Crippen molar-refractivity contribution in [3.8, 4) is 0 Å². The first-order chi connectivity index (χ1) is 9.62. The Bertz CT molecular complexity index is 589. The second-order valence-electron chi connectivity index (χ2n) is 4.30. The molecule has 0 spiro atoms. The van der Waals surface area contributed by atoms with Crippen LogP contribution in [0.5, 0.6) is 0 Å². The van der Waals surface area contributed by atoms with Gasteiger partial charge in [0.05, 0.1) is 0 Å². The maximum absolute atomic E-state index is 12.3. The van der Waals surface area contributed by atoms with Gasteiger partial charge < -0.3 is 10.6 Å². The monoisotopic (exact) mass is 381 g/mol. The van der Waals surface area contributed by atoms with E-state index in [-0.39, 0.29) is 5.91 Å². The zero-order valence-electron chi connectivity index (χ0n) is 11.4. The third-order valence-electron chi connectivity index (χ3n) is 2.86. The summed E-state index contributed by atoms with van der Waals surface area (Å²) in [5, 5.41) is 5.87. The third-order valence-corrected chi connectivity index (χ3v) is 3.58. The van der Waals surface area contributed by atoms with Crippen LogP contribution in [0, 0.1) is 3.57 Å². The van der Waals surface area contributed by atoms with Gasteiger partial charge in [-0.05, 0) is 65.4 Å². The number of nitrogens with zero attached hydrogens (tertiary/aromatic N) is 1. The summed E-state index contributed by atoms with van der Waals surface area (Å²) in [5.74, 6) is 0.580. The van der Waals surface area contributed by atoms with Gasteiger partial charge in [0.15, 0.2) is 0 Å². The first-order valence-corrected chi connectivity index (χ1v) is 7.46. The summed E-state index contributed by atoms with van der Waals surface area (Å²) < 4.78 is 1.13. The predicted molar refractivity (Wildman–Crippen MR) is 90.3 cm³/mol. The normalized spacial score (nSPS) is 10.2. The first-order valence-electron chi connectivity index (χ1n) is 6.38. The lowest BCUT2D eigenvalue weighted by molar-refractivity contribution is 0.102. The molecule has 0 fully saturated rings. The highest BCUT2D eigenvalue weighted by Crippen LogP contribution is 2.15. The van der Waals surface area contributed by atoms with Gasteiger partial charge in [0.2, 0.25) is 0 Å². The molecule has 0 radical (unpaired) electrons. The summed E-state index contributed by atoms with van der Waals surface area (Å²) in [6.07, 6.45) is 0.791. The van der Waals surface area contributed by atoms with Crippen LogP contribution in [0.2, 0.25) is 0 Å². The molecule has 0 aliphatic rings. The second-order valence-corrected chi connectivity index (χ2v) is 5.54. The van der Waals surface area contributed by atoms with Crippen LogP contribution in [0.15, 0.2) is 36.4 Å². The SMILES string of the molecule is CCc1cc(C(=O)Nc2ccc(I)cc2)cc(NC)n1. The lowest BCUT2D eigenvalue weighted by Gasteiger charge is -2.09. The summed E-state index contributed by atoms with van der Waals surface area (Å²) >= 11 is 2.23. The van der Waals surface area contributed by atoms with Gasteiger partial charge in [-0.1, -0.05) is 6.92 Å². The fourth-order valence-electron chi connectivity index (χ4n) is 1.76. The molecule has 0 atom stereocenters. The summed E-state index contributed by atoms with van der Waals surface area (Å²) in [6, 6.07) is 11.3. The molecule has 1 heterocycles.